The van der Waals surface area contributed by atoms with Gasteiger partial charge in [-0.1, -0.05) is 64.5 Å². The number of nitrogens with two attached hydrogens (primary N) is 1. The van der Waals surface area contributed by atoms with Crippen molar-refractivity contribution in [2.24, 2.45) is 5.73 Å². The molecule has 3 aromatic rings. The van der Waals surface area contributed by atoms with Gasteiger partial charge in [0.15, 0.2) is 0 Å². The Kier molecular flexibility index (Phi) is 8.31. The first-order chi connectivity index (χ1) is 17.8. The summed E-state index contributed by atoms with van der Waals surface area (Å²) in [6, 6.07) is 19.5. The fourth-order valence-electron chi connectivity index (χ4n) is 4.59. The van der Waals surface area contributed by atoms with Gasteiger partial charge < -0.3 is 15.6 Å². The Bertz CT molecular complexity index is 1350. The molecule has 3 aromatic carbocycles. The minimum absolute atomic E-state index is 0.0908. The van der Waals surface area contributed by atoms with Crippen molar-refractivity contribution in [3.63, 3.8) is 0 Å². The molecule has 0 saturated carbocycles. The van der Waals surface area contributed by atoms with Crippen molar-refractivity contribution in [1.82, 2.24) is 4.31 Å². The summed E-state index contributed by atoms with van der Waals surface area (Å²) in [6.45, 7) is 0.172. The van der Waals surface area contributed by atoms with E-state index in [2.05, 4.69) is 15.9 Å². The SMILES string of the molecule is NCCCC[C@@H](C(=O)O)N(C(=O)OCC1c2ccccc2-c2ccccc21)S(=O)(=O)c1ccc(Br)cc1. The maximum Gasteiger partial charge on any atom is 0.424 e. The highest BCUT2D eigenvalue weighted by Gasteiger charge is 2.41. The number of unbranched alkanes of at least 4 members (excludes halogenated alkanes) is 1. The highest BCUT2D eigenvalue weighted by molar-refractivity contribution is 9.10. The minimum Gasteiger partial charge on any atom is -0.480 e. The highest BCUT2D eigenvalue weighted by Crippen LogP contribution is 2.44. The first-order valence-corrected chi connectivity index (χ1v) is 14.1. The molecule has 1 amide bonds. The van der Waals surface area contributed by atoms with Crippen LogP contribution in [0.5, 0.6) is 0 Å². The standard InChI is InChI=1S/C27H27BrN2O6S/c28-18-12-14-19(15-13-18)37(34,35)30(25(26(31)32)11-5-6-16-29)27(33)36-17-24-22-9-3-1-7-20(22)21-8-2-4-10-23(21)24/h1-4,7-10,12-15,24-25H,5-6,11,16-17,29H2,(H,31,32)/t25-/m0/s1. The van der Waals surface area contributed by atoms with Crippen LogP contribution in [0.15, 0.2) is 82.2 Å². The number of rotatable bonds is 10. The summed E-state index contributed by atoms with van der Waals surface area (Å²) in [7, 11) is -4.54. The van der Waals surface area contributed by atoms with Crippen LogP contribution in [0, 0.1) is 0 Å². The molecule has 0 heterocycles. The minimum atomic E-state index is -4.54. The number of hydrogen-bond donors (Lipinski definition) is 2. The third-order valence-corrected chi connectivity index (χ3v) is 8.70. The smallest absolute Gasteiger partial charge is 0.424 e. The molecular weight excluding hydrogens is 560 g/mol. The number of aliphatic carboxylic acids is 1. The molecule has 0 radical (unpaired) electrons. The summed E-state index contributed by atoms with van der Waals surface area (Å²) >= 11 is 3.26. The van der Waals surface area contributed by atoms with Crippen LogP contribution >= 0.6 is 15.9 Å². The number of nitrogens with zero attached hydrogens (tertiary/aromatic N) is 1. The molecule has 194 valence electrons. The van der Waals surface area contributed by atoms with Crippen molar-refractivity contribution in [3.8, 4) is 11.1 Å². The van der Waals surface area contributed by atoms with E-state index in [9.17, 15) is 23.1 Å². The number of halogens is 1. The molecule has 4 rings (SSSR count). The van der Waals surface area contributed by atoms with Crippen molar-refractivity contribution < 1.29 is 27.9 Å². The van der Waals surface area contributed by atoms with Gasteiger partial charge in [-0.25, -0.2) is 18.0 Å². The lowest BCUT2D eigenvalue weighted by Gasteiger charge is -2.28. The number of carboxylic acid groups (broad SMARTS) is 1. The second-order valence-corrected chi connectivity index (χ2v) is 11.4. The van der Waals surface area contributed by atoms with Gasteiger partial charge in [0.2, 0.25) is 0 Å². The van der Waals surface area contributed by atoms with Gasteiger partial charge >= 0.3 is 12.1 Å². The third kappa shape index (κ3) is 5.56. The van der Waals surface area contributed by atoms with Crippen LogP contribution in [0.2, 0.25) is 0 Å². The summed E-state index contributed by atoms with van der Waals surface area (Å²) in [5, 5.41) is 9.93. The largest absolute Gasteiger partial charge is 0.480 e. The van der Waals surface area contributed by atoms with Gasteiger partial charge in [-0.3, -0.25) is 0 Å². The molecular formula is C27H27BrN2O6S. The molecule has 0 saturated heterocycles. The Morgan fingerprint density at radius 1 is 0.946 bits per heavy atom. The van der Waals surface area contributed by atoms with Gasteiger partial charge in [-0.2, -0.15) is 4.31 Å². The molecule has 0 bridgehead atoms. The number of fused-ring (bicyclic) bond motifs is 3. The maximum atomic E-state index is 13.6. The molecule has 1 atom stereocenters. The molecule has 0 unspecified atom stereocenters. The summed E-state index contributed by atoms with van der Waals surface area (Å²) in [5.41, 5.74) is 9.48. The molecule has 37 heavy (non-hydrogen) atoms. The molecule has 1 aliphatic rings. The number of amides is 1. The lowest BCUT2D eigenvalue weighted by atomic mass is 9.98. The van der Waals surface area contributed by atoms with E-state index in [0.29, 0.717) is 28.2 Å². The number of benzene rings is 3. The van der Waals surface area contributed by atoms with Crippen LogP contribution in [0.1, 0.15) is 36.3 Å². The van der Waals surface area contributed by atoms with E-state index in [-0.39, 0.29) is 23.8 Å². The van der Waals surface area contributed by atoms with Crippen LogP contribution in [-0.2, 0) is 19.6 Å². The number of carbonyl (C=O) groups is 2. The molecule has 3 N–H and O–H groups in total. The first kappa shape index (κ1) is 26.8. The zero-order chi connectivity index (χ0) is 26.6. The van der Waals surface area contributed by atoms with Gasteiger partial charge in [-0.15, -0.1) is 0 Å². The molecule has 0 aliphatic heterocycles. The third-order valence-electron chi connectivity index (χ3n) is 6.39. The quantitative estimate of drug-likeness (QED) is 0.321. The van der Waals surface area contributed by atoms with E-state index in [1.807, 2.05) is 48.5 Å². The predicted molar refractivity (Wildman–Crippen MR) is 143 cm³/mol. The number of ether oxygens (including phenoxy) is 1. The van der Waals surface area contributed by atoms with Crippen LogP contribution in [0.25, 0.3) is 11.1 Å². The van der Waals surface area contributed by atoms with Crippen molar-refractivity contribution in [3.05, 3.63) is 88.4 Å². The Morgan fingerprint density at radius 2 is 1.51 bits per heavy atom. The summed E-state index contributed by atoms with van der Waals surface area (Å²) < 4.78 is 33.7. The molecule has 1 aliphatic carbocycles. The molecule has 0 aromatic heterocycles. The van der Waals surface area contributed by atoms with E-state index in [4.69, 9.17) is 10.5 Å². The maximum absolute atomic E-state index is 13.6. The van der Waals surface area contributed by atoms with Crippen LogP contribution in [0.4, 0.5) is 4.79 Å². The summed E-state index contributed by atoms with van der Waals surface area (Å²) in [4.78, 5) is 25.4. The zero-order valence-electron chi connectivity index (χ0n) is 19.9. The lowest BCUT2D eigenvalue weighted by Crippen LogP contribution is -2.49. The van der Waals surface area contributed by atoms with Gasteiger partial charge in [0.25, 0.3) is 10.0 Å². The fourth-order valence-corrected chi connectivity index (χ4v) is 6.34. The van der Waals surface area contributed by atoms with Crippen molar-refractivity contribution >= 4 is 38.0 Å². The predicted octanol–water partition coefficient (Wildman–Crippen LogP) is 4.97. The van der Waals surface area contributed by atoms with Gasteiger partial charge in [-0.05, 0) is 72.3 Å². The van der Waals surface area contributed by atoms with Gasteiger partial charge in [0.1, 0.15) is 12.6 Å². The number of carbonyl (C=O) groups excluding carboxylic acids is 1. The lowest BCUT2D eigenvalue weighted by molar-refractivity contribution is -0.141. The highest BCUT2D eigenvalue weighted by atomic mass is 79.9. The zero-order valence-corrected chi connectivity index (χ0v) is 22.3. The average Bonchev–Trinajstić information content (AvgIpc) is 3.20. The average molecular weight is 587 g/mol. The molecule has 0 fully saturated rings. The number of carboxylic acids is 1. The fraction of sp³-hybridized carbons (Fsp3) is 0.259. The Morgan fingerprint density at radius 3 is 2.05 bits per heavy atom. The second-order valence-electron chi connectivity index (χ2n) is 8.70. The summed E-state index contributed by atoms with van der Waals surface area (Å²) in [5.74, 6) is -1.75. The van der Waals surface area contributed by atoms with Crippen molar-refractivity contribution in [2.75, 3.05) is 13.2 Å². The Hall–Kier alpha value is -3.21. The first-order valence-electron chi connectivity index (χ1n) is 11.8. The number of sulfonamides is 1. The van der Waals surface area contributed by atoms with Gasteiger partial charge in [0, 0.05) is 10.4 Å². The van der Waals surface area contributed by atoms with Gasteiger partial charge in [0.05, 0.1) is 4.90 Å². The van der Waals surface area contributed by atoms with E-state index < -0.39 is 28.1 Å². The second kappa shape index (κ2) is 11.5. The van der Waals surface area contributed by atoms with E-state index in [1.165, 1.54) is 24.3 Å². The number of hydrogen-bond acceptors (Lipinski definition) is 6. The van der Waals surface area contributed by atoms with Crippen molar-refractivity contribution in [2.45, 2.75) is 36.1 Å². The van der Waals surface area contributed by atoms with Crippen LogP contribution < -0.4 is 5.73 Å². The molecule has 8 nitrogen and oxygen atoms in total. The molecule has 10 heteroatoms. The van der Waals surface area contributed by atoms with E-state index in [0.717, 1.165) is 22.3 Å². The normalized spacial score (nSPS) is 13.5. The Labute approximate surface area is 224 Å². The van der Waals surface area contributed by atoms with E-state index in [1.54, 1.807) is 0 Å². The topological polar surface area (TPSA) is 127 Å². The Balaban J connectivity index is 1.66. The molecule has 0 spiro atoms. The van der Waals surface area contributed by atoms with Crippen LogP contribution in [-0.4, -0.2) is 49.1 Å². The van der Waals surface area contributed by atoms with Crippen LogP contribution in [0.3, 0.4) is 0 Å². The van der Waals surface area contributed by atoms with Crippen molar-refractivity contribution in [1.29, 1.82) is 0 Å². The van der Waals surface area contributed by atoms with E-state index >= 15 is 0 Å². The summed E-state index contributed by atoms with van der Waals surface area (Å²) in [6.07, 6.45) is -0.506. The monoisotopic (exact) mass is 586 g/mol.